The van der Waals surface area contributed by atoms with E-state index in [1.165, 1.54) is 6.08 Å². The van der Waals surface area contributed by atoms with E-state index >= 15 is 0 Å². The Kier molecular flexibility index (Phi) is 5.93. The average molecular weight is 391 g/mol. The van der Waals surface area contributed by atoms with E-state index in [0.717, 1.165) is 11.1 Å². The summed E-state index contributed by atoms with van der Waals surface area (Å²) in [4.78, 5) is 12.5. The molecule has 0 spiro atoms. The summed E-state index contributed by atoms with van der Waals surface area (Å²) < 4.78 is 1.66. The zero-order valence-corrected chi connectivity index (χ0v) is 16.4. The summed E-state index contributed by atoms with van der Waals surface area (Å²) >= 11 is 6.49. The number of benzene rings is 2. The van der Waals surface area contributed by atoms with Crippen LogP contribution in [0.2, 0.25) is 5.15 Å². The Morgan fingerprint density at radius 2 is 1.86 bits per heavy atom. The van der Waals surface area contributed by atoms with Crippen LogP contribution in [0.1, 0.15) is 22.4 Å². The van der Waals surface area contributed by atoms with Crippen LogP contribution in [-0.2, 0) is 11.3 Å². The predicted octanol–water partition coefficient (Wildman–Crippen LogP) is 4.75. The van der Waals surface area contributed by atoms with Gasteiger partial charge in [-0.1, -0.05) is 60.1 Å². The number of hydrogen-bond acceptors (Lipinski definition) is 3. The van der Waals surface area contributed by atoms with E-state index in [1.807, 2.05) is 61.5 Å². The molecule has 0 saturated heterocycles. The highest BCUT2D eigenvalue weighted by molar-refractivity contribution is 6.31. The molecule has 2 aromatic carbocycles. The SMILES string of the molecule is Cc1ccccc1NC(=O)/C(C#N)=C/c1c(C)nn(Cc2ccccc2)c1Cl. The number of aryl methyl sites for hydroxylation is 2. The summed E-state index contributed by atoms with van der Waals surface area (Å²) in [5, 5.41) is 17.1. The molecule has 0 aliphatic rings. The highest BCUT2D eigenvalue weighted by atomic mass is 35.5. The summed E-state index contributed by atoms with van der Waals surface area (Å²) in [6.45, 7) is 4.19. The maximum Gasteiger partial charge on any atom is 0.266 e. The average Bonchev–Trinajstić information content (AvgIpc) is 2.95. The van der Waals surface area contributed by atoms with Gasteiger partial charge in [0.15, 0.2) is 0 Å². The second-order valence-electron chi connectivity index (χ2n) is 6.37. The van der Waals surface area contributed by atoms with Gasteiger partial charge in [-0.25, -0.2) is 4.68 Å². The third-order valence-corrected chi connectivity index (χ3v) is 4.73. The van der Waals surface area contributed by atoms with Crippen LogP contribution in [0.5, 0.6) is 0 Å². The number of carbonyl (C=O) groups is 1. The number of anilines is 1. The van der Waals surface area contributed by atoms with Crippen molar-refractivity contribution in [2.45, 2.75) is 20.4 Å². The van der Waals surface area contributed by atoms with Crippen molar-refractivity contribution in [2.24, 2.45) is 0 Å². The quantitative estimate of drug-likeness (QED) is 0.505. The molecular weight excluding hydrogens is 372 g/mol. The molecule has 1 aromatic heterocycles. The number of nitrogens with one attached hydrogen (secondary N) is 1. The van der Waals surface area contributed by atoms with Gasteiger partial charge in [-0.3, -0.25) is 4.79 Å². The maximum absolute atomic E-state index is 12.5. The molecule has 0 radical (unpaired) electrons. The Morgan fingerprint density at radius 3 is 2.54 bits per heavy atom. The first kappa shape index (κ1) is 19.4. The summed E-state index contributed by atoms with van der Waals surface area (Å²) in [6.07, 6.45) is 1.49. The Hall–Kier alpha value is -3.36. The first-order valence-electron chi connectivity index (χ1n) is 8.75. The van der Waals surface area contributed by atoms with Crippen molar-refractivity contribution < 1.29 is 4.79 Å². The number of nitrogens with zero attached hydrogens (tertiary/aromatic N) is 3. The largest absolute Gasteiger partial charge is 0.321 e. The zero-order chi connectivity index (χ0) is 20.1. The van der Waals surface area contributed by atoms with Gasteiger partial charge in [0, 0.05) is 11.3 Å². The Balaban J connectivity index is 1.87. The third-order valence-electron chi connectivity index (χ3n) is 4.33. The molecule has 3 rings (SSSR count). The molecular formula is C22H19ClN4O. The van der Waals surface area contributed by atoms with E-state index in [-0.39, 0.29) is 5.57 Å². The Morgan fingerprint density at radius 1 is 1.18 bits per heavy atom. The first-order valence-corrected chi connectivity index (χ1v) is 9.13. The van der Waals surface area contributed by atoms with Gasteiger partial charge in [0.05, 0.1) is 12.2 Å². The van der Waals surface area contributed by atoms with Crippen molar-refractivity contribution in [1.29, 1.82) is 5.26 Å². The molecule has 3 aromatic rings. The second-order valence-corrected chi connectivity index (χ2v) is 6.73. The molecule has 1 heterocycles. The van der Waals surface area contributed by atoms with Crippen LogP contribution in [0.3, 0.4) is 0 Å². The molecule has 0 bridgehead atoms. The third kappa shape index (κ3) is 4.30. The van der Waals surface area contributed by atoms with Gasteiger partial charge >= 0.3 is 0 Å². The number of para-hydroxylation sites is 1. The van der Waals surface area contributed by atoms with Gasteiger partial charge in [0.2, 0.25) is 0 Å². The molecule has 0 aliphatic heterocycles. The lowest BCUT2D eigenvalue weighted by molar-refractivity contribution is -0.112. The Labute approximate surface area is 168 Å². The summed E-state index contributed by atoms with van der Waals surface area (Å²) in [6, 6.07) is 19.2. The fraction of sp³-hybridized carbons (Fsp3) is 0.136. The van der Waals surface area contributed by atoms with Crippen molar-refractivity contribution in [3.8, 4) is 6.07 Å². The van der Waals surface area contributed by atoms with Crippen LogP contribution < -0.4 is 5.32 Å². The van der Waals surface area contributed by atoms with Gasteiger partial charge in [0.25, 0.3) is 5.91 Å². The summed E-state index contributed by atoms with van der Waals surface area (Å²) in [5.74, 6) is -0.483. The lowest BCUT2D eigenvalue weighted by atomic mass is 10.1. The smallest absolute Gasteiger partial charge is 0.266 e. The number of carbonyl (C=O) groups excluding carboxylic acids is 1. The van der Waals surface area contributed by atoms with Crippen molar-refractivity contribution in [3.05, 3.63) is 87.7 Å². The van der Waals surface area contributed by atoms with Gasteiger partial charge in [-0.05, 0) is 37.1 Å². The van der Waals surface area contributed by atoms with Crippen molar-refractivity contribution >= 4 is 29.3 Å². The molecule has 0 aliphatic carbocycles. The molecule has 28 heavy (non-hydrogen) atoms. The monoisotopic (exact) mass is 390 g/mol. The summed E-state index contributed by atoms with van der Waals surface area (Å²) in [7, 11) is 0. The van der Waals surface area contributed by atoms with Crippen LogP contribution >= 0.6 is 11.6 Å². The fourth-order valence-corrected chi connectivity index (χ4v) is 3.08. The number of halogens is 1. The minimum atomic E-state index is -0.483. The van der Waals surface area contributed by atoms with Crippen LogP contribution in [0, 0.1) is 25.2 Å². The number of aromatic nitrogens is 2. The van der Waals surface area contributed by atoms with E-state index < -0.39 is 5.91 Å². The highest BCUT2D eigenvalue weighted by Gasteiger charge is 2.16. The fourth-order valence-electron chi connectivity index (χ4n) is 2.79. The maximum atomic E-state index is 12.5. The van der Waals surface area contributed by atoms with E-state index in [0.29, 0.717) is 28.6 Å². The minimum absolute atomic E-state index is 0.0347. The van der Waals surface area contributed by atoms with Crippen LogP contribution in [0.25, 0.3) is 6.08 Å². The van der Waals surface area contributed by atoms with Crippen LogP contribution in [-0.4, -0.2) is 15.7 Å². The van der Waals surface area contributed by atoms with Gasteiger partial charge in [-0.2, -0.15) is 10.4 Å². The van der Waals surface area contributed by atoms with Crippen LogP contribution in [0.15, 0.2) is 60.2 Å². The van der Waals surface area contributed by atoms with Crippen molar-refractivity contribution in [1.82, 2.24) is 9.78 Å². The highest BCUT2D eigenvalue weighted by Crippen LogP contribution is 2.24. The molecule has 1 amide bonds. The molecule has 0 unspecified atom stereocenters. The van der Waals surface area contributed by atoms with E-state index in [9.17, 15) is 10.1 Å². The second kappa shape index (κ2) is 8.55. The number of nitriles is 1. The standard InChI is InChI=1S/C22H19ClN4O/c1-15-8-6-7-11-20(15)25-22(28)18(13-24)12-19-16(2)26-27(21(19)23)14-17-9-4-3-5-10-17/h3-12H,14H2,1-2H3,(H,25,28)/b18-12+. The minimum Gasteiger partial charge on any atom is -0.321 e. The first-order chi connectivity index (χ1) is 13.5. The lowest BCUT2D eigenvalue weighted by Gasteiger charge is -2.07. The molecule has 140 valence electrons. The van der Waals surface area contributed by atoms with Gasteiger partial charge < -0.3 is 5.32 Å². The zero-order valence-electron chi connectivity index (χ0n) is 15.6. The number of amides is 1. The predicted molar refractivity (Wildman–Crippen MR) is 111 cm³/mol. The van der Waals surface area contributed by atoms with Gasteiger partial charge in [-0.15, -0.1) is 0 Å². The van der Waals surface area contributed by atoms with Gasteiger partial charge in [0.1, 0.15) is 16.8 Å². The van der Waals surface area contributed by atoms with Crippen molar-refractivity contribution in [3.63, 3.8) is 0 Å². The molecule has 0 fully saturated rings. The molecule has 5 nitrogen and oxygen atoms in total. The van der Waals surface area contributed by atoms with E-state index in [1.54, 1.807) is 17.7 Å². The molecule has 6 heteroatoms. The van der Waals surface area contributed by atoms with E-state index in [4.69, 9.17) is 11.6 Å². The molecule has 0 atom stereocenters. The van der Waals surface area contributed by atoms with Crippen LogP contribution in [0.4, 0.5) is 5.69 Å². The number of hydrogen-bond donors (Lipinski definition) is 1. The Bertz CT molecular complexity index is 1080. The van der Waals surface area contributed by atoms with Crippen molar-refractivity contribution in [2.75, 3.05) is 5.32 Å². The topological polar surface area (TPSA) is 70.7 Å². The summed E-state index contributed by atoms with van der Waals surface area (Å²) in [5.41, 5.74) is 3.81. The molecule has 1 N–H and O–H groups in total. The normalized spacial score (nSPS) is 11.1. The molecule has 0 saturated carbocycles. The lowest BCUT2D eigenvalue weighted by Crippen LogP contribution is -2.14. The van der Waals surface area contributed by atoms with E-state index in [2.05, 4.69) is 10.4 Å². The number of rotatable bonds is 5.